The van der Waals surface area contributed by atoms with Crippen molar-refractivity contribution in [3.8, 4) is 0 Å². The van der Waals surface area contributed by atoms with Gasteiger partial charge >= 0.3 is 0 Å². The number of carbonyl (C=O) groups is 2. The second kappa shape index (κ2) is 8.31. The van der Waals surface area contributed by atoms with Crippen molar-refractivity contribution < 1.29 is 36.8 Å². The average molecular weight is 509 g/mol. The zero-order valence-electron chi connectivity index (χ0n) is 20.9. The van der Waals surface area contributed by atoms with Gasteiger partial charge in [-0.1, -0.05) is 38.8 Å². The lowest BCUT2D eigenvalue weighted by Crippen LogP contribution is -2.63. The third-order valence-electron chi connectivity index (χ3n) is 9.63. The Morgan fingerprint density at radius 1 is 1.31 bits per heavy atom. The van der Waals surface area contributed by atoms with Crippen molar-refractivity contribution in [3.63, 3.8) is 0 Å². The van der Waals surface area contributed by atoms with Gasteiger partial charge in [-0.3, -0.25) is 13.8 Å². The van der Waals surface area contributed by atoms with Gasteiger partial charge in [-0.05, 0) is 56.1 Å². The second-order valence-corrected chi connectivity index (χ2v) is 13.2. The van der Waals surface area contributed by atoms with Crippen LogP contribution >= 0.6 is 0 Å². The minimum absolute atomic E-state index is 0.0133. The lowest BCUT2D eigenvalue weighted by atomic mass is 9.46. The Morgan fingerprint density at radius 2 is 2.06 bits per heavy atom. The van der Waals surface area contributed by atoms with Crippen molar-refractivity contribution in [1.29, 1.82) is 0 Å². The maximum atomic E-state index is 13.8. The molecular weight excluding hydrogens is 472 g/mol. The fraction of sp³-hybridized carbons (Fsp3) is 0.769. The SMILES string of the molecule is CCC[C@H]1O[C@H]2C[C@H]3[C@@H]4CCC5=CC(=O)C=C[C@]5(C)[C@H]4[C@H](O)C[C@]3(C)[C@]2(C(=O)COS(C)(=O)=O)O1. The number of hydrogen-bond donors (Lipinski definition) is 1. The van der Waals surface area contributed by atoms with Crippen LogP contribution < -0.4 is 0 Å². The van der Waals surface area contributed by atoms with E-state index < -0.39 is 57.4 Å². The van der Waals surface area contributed by atoms with E-state index in [2.05, 4.69) is 6.92 Å². The van der Waals surface area contributed by atoms with Gasteiger partial charge in [0.25, 0.3) is 10.1 Å². The summed E-state index contributed by atoms with van der Waals surface area (Å²) in [5.41, 5.74) is -1.47. The molecule has 0 aromatic carbocycles. The molecule has 1 aliphatic heterocycles. The van der Waals surface area contributed by atoms with E-state index in [-0.39, 0.29) is 23.5 Å². The third kappa shape index (κ3) is 3.64. The third-order valence-corrected chi connectivity index (χ3v) is 10.2. The number of fused-ring (bicyclic) bond motifs is 7. The highest BCUT2D eigenvalue weighted by Gasteiger charge is 2.75. The van der Waals surface area contributed by atoms with Crippen LogP contribution in [0.3, 0.4) is 0 Å². The molecule has 1 heterocycles. The Morgan fingerprint density at radius 3 is 2.74 bits per heavy atom. The van der Waals surface area contributed by atoms with Crippen LogP contribution in [0.1, 0.15) is 59.3 Å². The molecule has 4 fully saturated rings. The van der Waals surface area contributed by atoms with Crippen LogP contribution in [-0.2, 0) is 33.4 Å². The fourth-order valence-electron chi connectivity index (χ4n) is 8.27. The summed E-state index contributed by atoms with van der Waals surface area (Å²) in [4.78, 5) is 25.8. The molecule has 0 aromatic rings. The smallest absolute Gasteiger partial charge is 0.264 e. The summed E-state index contributed by atoms with van der Waals surface area (Å²) in [6, 6.07) is 0. The van der Waals surface area contributed by atoms with E-state index in [4.69, 9.17) is 13.7 Å². The van der Waals surface area contributed by atoms with Gasteiger partial charge in [-0.25, -0.2) is 0 Å². The molecule has 1 N–H and O–H groups in total. The van der Waals surface area contributed by atoms with Crippen molar-refractivity contribution in [2.45, 2.75) is 83.4 Å². The number of aliphatic hydroxyl groups excluding tert-OH is 1. The summed E-state index contributed by atoms with van der Waals surface area (Å²) in [5.74, 6) is -0.398. The van der Waals surface area contributed by atoms with Gasteiger partial charge in [0, 0.05) is 16.7 Å². The van der Waals surface area contributed by atoms with Crippen LogP contribution in [0, 0.1) is 28.6 Å². The molecule has 0 aromatic heterocycles. The van der Waals surface area contributed by atoms with E-state index in [1.54, 1.807) is 12.2 Å². The minimum Gasteiger partial charge on any atom is -0.393 e. The van der Waals surface area contributed by atoms with Crippen molar-refractivity contribution in [2.24, 2.45) is 28.6 Å². The van der Waals surface area contributed by atoms with Crippen LogP contribution in [0.5, 0.6) is 0 Å². The molecule has 8 nitrogen and oxygen atoms in total. The number of rotatable bonds is 6. The summed E-state index contributed by atoms with van der Waals surface area (Å²) in [6.45, 7) is 5.50. The molecule has 9 heteroatoms. The van der Waals surface area contributed by atoms with Gasteiger partial charge in [0.15, 0.2) is 23.5 Å². The summed E-state index contributed by atoms with van der Waals surface area (Å²) >= 11 is 0. The van der Waals surface area contributed by atoms with Gasteiger partial charge in [0.1, 0.15) is 6.61 Å². The molecule has 1 saturated heterocycles. The normalized spacial score (nSPS) is 46.4. The van der Waals surface area contributed by atoms with Gasteiger partial charge in [-0.2, -0.15) is 8.42 Å². The second-order valence-electron chi connectivity index (χ2n) is 11.5. The molecular formula is C26H36O8S. The first-order chi connectivity index (χ1) is 16.4. The summed E-state index contributed by atoms with van der Waals surface area (Å²) in [6.07, 6.45) is 8.33. The van der Waals surface area contributed by atoms with E-state index >= 15 is 0 Å². The first kappa shape index (κ1) is 25.3. The summed E-state index contributed by atoms with van der Waals surface area (Å²) in [7, 11) is -3.82. The zero-order chi connectivity index (χ0) is 25.4. The number of ketones is 2. The standard InChI is InChI=1S/C26H36O8S/c1-5-6-22-33-21-12-18-17-8-7-15-11-16(27)9-10-24(15,2)23(17)19(28)13-25(18,3)26(21,34-22)20(29)14-32-35(4,30)31/h9-11,17-19,21-23,28H,5-8,12-14H2,1-4H3/t17-,18-,19+,21-,22-,23+,24-,25-,26+/m0/s1. The number of aliphatic hydroxyl groups is 1. The average Bonchev–Trinajstić information content (AvgIpc) is 3.24. The van der Waals surface area contributed by atoms with Gasteiger partial charge in [-0.15, -0.1) is 0 Å². The van der Waals surface area contributed by atoms with Crippen LogP contribution in [0.4, 0.5) is 0 Å². The Balaban J connectivity index is 1.53. The van der Waals surface area contributed by atoms with E-state index in [0.29, 0.717) is 19.3 Å². The maximum absolute atomic E-state index is 13.8. The maximum Gasteiger partial charge on any atom is 0.264 e. The Hall–Kier alpha value is -1.39. The van der Waals surface area contributed by atoms with Crippen LogP contribution in [0.2, 0.25) is 0 Å². The largest absolute Gasteiger partial charge is 0.393 e. The van der Waals surface area contributed by atoms with E-state index in [1.165, 1.54) is 0 Å². The molecule has 35 heavy (non-hydrogen) atoms. The molecule has 194 valence electrons. The van der Waals surface area contributed by atoms with Gasteiger partial charge in [0.05, 0.1) is 18.5 Å². The van der Waals surface area contributed by atoms with E-state index in [1.807, 2.05) is 19.9 Å². The molecule has 0 bridgehead atoms. The first-order valence-electron chi connectivity index (χ1n) is 12.7. The molecule has 5 rings (SSSR count). The van der Waals surface area contributed by atoms with Crippen molar-refractivity contribution in [3.05, 3.63) is 23.8 Å². The molecule has 5 aliphatic rings. The molecule has 0 unspecified atom stereocenters. The molecule has 0 radical (unpaired) electrons. The van der Waals surface area contributed by atoms with Crippen LogP contribution in [0.15, 0.2) is 23.8 Å². The lowest BCUT2D eigenvalue weighted by molar-refractivity contribution is -0.200. The predicted octanol–water partition coefficient (Wildman–Crippen LogP) is 2.70. The van der Waals surface area contributed by atoms with Gasteiger partial charge < -0.3 is 14.6 Å². The van der Waals surface area contributed by atoms with Crippen LogP contribution in [-0.4, -0.2) is 62.1 Å². The van der Waals surface area contributed by atoms with E-state index in [0.717, 1.165) is 31.1 Å². The molecule has 0 amide bonds. The lowest BCUT2D eigenvalue weighted by Gasteiger charge is -2.59. The Kier molecular flexibility index (Phi) is 6.00. The number of allylic oxidation sites excluding steroid dienone is 4. The van der Waals surface area contributed by atoms with Gasteiger partial charge in [0.2, 0.25) is 0 Å². The number of ether oxygens (including phenoxy) is 2. The molecule has 0 spiro atoms. The first-order valence-corrected chi connectivity index (χ1v) is 14.5. The molecule has 3 saturated carbocycles. The molecule has 9 atom stereocenters. The highest BCUT2D eigenvalue weighted by Crippen LogP contribution is 2.69. The van der Waals surface area contributed by atoms with Crippen molar-refractivity contribution >= 4 is 21.7 Å². The molecule has 4 aliphatic carbocycles. The fourth-order valence-corrected chi connectivity index (χ4v) is 8.59. The Bertz CT molecular complexity index is 1090. The number of carbonyl (C=O) groups excluding carboxylic acids is 2. The predicted molar refractivity (Wildman–Crippen MR) is 127 cm³/mol. The van der Waals surface area contributed by atoms with E-state index in [9.17, 15) is 23.1 Å². The summed E-state index contributed by atoms with van der Waals surface area (Å²) < 4.78 is 41.1. The highest BCUT2D eigenvalue weighted by molar-refractivity contribution is 7.86. The number of Topliss-reactive ketones (excluding diaryl/α,β-unsaturated/α-hetero) is 1. The number of hydrogen-bond acceptors (Lipinski definition) is 8. The topological polar surface area (TPSA) is 116 Å². The quantitative estimate of drug-likeness (QED) is 0.545. The van der Waals surface area contributed by atoms with Crippen LogP contribution in [0.25, 0.3) is 0 Å². The van der Waals surface area contributed by atoms with Crippen molar-refractivity contribution in [1.82, 2.24) is 0 Å². The highest BCUT2D eigenvalue weighted by atomic mass is 32.2. The van der Waals surface area contributed by atoms with Crippen molar-refractivity contribution in [2.75, 3.05) is 12.9 Å². The zero-order valence-corrected chi connectivity index (χ0v) is 21.7. The minimum atomic E-state index is -3.82. The Labute approximate surface area is 207 Å². The monoisotopic (exact) mass is 508 g/mol. The summed E-state index contributed by atoms with van der Waals surface area (Å²) in [5, 5.41) is 11.7.